The summed E-state index contributed by atoms with van der Waals surface area (Å²) in [5.74, 6) is 1.06. The zero-order valence-electron chi connectivity index (χ0n) is 30.0. The van der Waals surface area contributed by atoms with Crippen molar-refractivity contribution >= 4 is 20.2 Å². The van der Waals surface area contributed by atoms with Crippen molar-refractivity contribution < 1.29 is 0 Å². The molecule has 0 aromatic heterocycles. The van der Waals surface area contributed by atoms with Gasteiger partial charge in [0.25, 0.3) is 0 Å². The zero-order valence-corrected chi connectivity index (χ0v) is 31.0. The van der Waals surface area contributed by atoms with Crippen molar-refractivity contribution in [2.45, 2.75) is 117 Å². The third-order valence-electron chi connectivity index (χ3n) is 11.2. The van der Waals surface area contributed by atoms with E-state index in [2.05, 4.69) is 139 Å². The minimum atomic E-state index is -1.98. The maximum Gasteiger partial charge on any atom is 0.109 e. The van der Waals surface area contributed by atoms with Crippen molar-refractivity contribution in [2.75, 3.05) is 0 Å². The van der Waals surface area contributed by atoms with Crippen LogP contribution in [0.5, 0.6) is 0 Å². The molecule has 6 rings (SSSR count). The first kappa shape index (κ1) is 33.5. The lowest BCUT2D eigenvalue weighted by Crippen LogP contribution is -2.40. The molecular weight excluding hydrogens is 581 g/mol. The summed E-state index contributed by atoms with van der Waals surface area (Å²) in [6.45, 7) is 13.9. The van der Waals surface area contributed by atoms with Crippen LogP contribution in [0.3, 0.4) is 0 Å². The average molecular weight is 637 g/mol. The standard InChI is InChI=1S/C46H56Si/c1-7-9-11-25-47(26-12-10-8-2,41-29-39-21-15-23-43(45(39)31-41)37-19-13-17-35(27-37)33(3)4)42-30-40-22-16-24-44(46(40)32-42)38-20-14-18-36(28-38)34(5)6/h13-24,27-28,31-34H,7-12,25-26,29-30H2,1-6H3. The number of fused-ring (bicyclic) bond motifs is 2. The molecule has 0 bridgehead atoms. The SMILES string of the molecule is CCCCC[Si](CCCCC)(C1=Cc2c(cccc2-c2cccc(C(C)C)c2)C1)C1=Cc2c(cccc2-c2cccc(C(C)C)c2)C1. The number of rotatable bonds is 14. The van der Waals surface area contributed by atoms with Gasteiger partial charge in [0.05, 0.1) is 0 Å². The van der Waals surface area contributed by atoms with Gasteiger partial charge < -0.3 is 0 Å². The lowest BCUT2D eigenvalue weighted by Gasteiger charge is -2.36. The molecule has 0 fully saturated rings. The topological polar surface area (TPSA) is 0 Å². The molecule has 0 amide bonds. The largest absolute Gasteiger partial charge is 0.109 e. The Morgan fingerprint density at radius 2 is 0.957 bits per heavy atom. The number of allylic oxidation sites excluding steroid dienone is 2. The molecule has 1 heteroatoms. The van der Waals surface area contributed by atoms with Crippen LogP contribution in [0.15, 0.2) is 95.3 Å². The molecule has 2 aliphatic rings. The fourth-order valence-corrected chi connectivity index (χ4v) is 13.9. The van der Waals surface area contributed by atoms with Gasteiger partial charge in [-0.1, -0.05) is 188 Å². The fourth-order valence-electron chi connectivity index (χ4n) is 8.31. The van der Waals surface area contributed by atoms with Crippen molar-refractivity contribution in [2.24, 2.45) is 0 Å². The molecule has 0 aliphatic heterocycles. The van der Waals surface area contributed by atoms with Crippen LogP contribution in [0.4, 0.5) is 0 Å². The smallest absolute Gasteiger partial charge is 0.0709 e. The molecule has 0 nitrogen and oxygen atoms in total. The molecule has 0 radical (unpaired) electrons. The lowest BCUT2D eigenvalue weighted by molar-refractivity contribution is 0.739. The van der Waals surface area contributed by atoms with Crippen LogP contribution in [-0.2, 0) is 12.8 Å². The predicted octanol–water partition coefficient (Wildman–Crippen LogP) is 13.8. The average Bonchev–Trinajstić information content (AvgIpc) is 3.73. The molecule has 47 heavy (non-hydrogen) atoms. The van der Waals surface area contributed by atoms with Crippen molar-refractivity contribution in [3.8, 4) is 22.3 Å². The van der Waals surface area contributed by atoms with Crippen molar-refractivity contribution in [1.82, 2.24) is 0 Å². The third-order valence-corrected chi connectivity index (χ3v) is 16.7. The van der Waals surface area contributed by atoms with Crippen LogP contribution in [0.25, 0.3) is 34.4 Å². The molecule has 0 N–H and O–H groups in total. The van der Waals surface area contributed by atoms with Gasteiger partial charge in [-0.3, -0.25) is 0 Å². The van der Waals surface area contributed by atoms with Crippen LogP contribution < -0.4 is 0 Å². The molecule has 0 saturated heterocycles. The third kappa shape index (κ3) is 6.93. The van der Waals surface area contributed by atoms with E-state index in [1.54, 1.807) is 10.4 Å². The Hall–Kier alpha value is -3.42. The van der Waals surface area contributed by atoms with Gasteiger partial charge in [0.1, 0.15) is 8.07 Å². The molecule has 4 aromatic carbocycles. The molecule has 0 unspecified atom stereocenters. The second-order valence-corrected chi connectivity index (χ2v) is 19.5. The summed E-state index contributed by atoms with van der Waals surface area (Å²) < 4.78 is 0. The number of unbranched alkanes of at least 4 members (excludes halogenated alkanes) is 4. The highest BCUT2D eigenvalue weighted by Crippen LogP contribution is 2.48. The monoisotopic (exact) mass is 636 g/mol. The quantitative estimate of drug-likeness (QED) is 0.0954. The first-order valence-electron chi connectivity index (χ1n) is 18.7. The number of hydrogen-bond donors (Lipinski definition) is 0. The Bertz CT molecular complexity index is 1630. The molecule has 0 atom stereocenters. The summed E-state index contributed by atoms with van der Waals surface area (Å²) in [6, 6.07) is 35.6. The summed E-state index contributed by atoms with van der Waals surface area (Å²) >= 11 is 0. The van der Waals surface area contributed by atoms with Crippen LogP contribution in [0, 0.1) is 0 Å². The van der Waals surface area contributed by atoms with Crippen LogP contribution in [0.1, 0.15) is 125 Å². The summed E-state index contributed by atoms with van der Waals surface area (Å²) in [5.41, 5.74) is 14.5. The van der Waals surface area contributed by atoms with E-state index in [1.807, 2.05) is 0 Å². The van der Waals surface area contributed by atoms with Crippen molar-refractivity contribution in [3.05, 3.63) is 129 Å². The van der Waals surface area contributed by atoms with Crippen molar-refractivity contribution in [3.63, 3.8) is 0 Å². The van der Waals surface area contributed by atoms with Gasteiger partial charge in [0.15, 0.2) is 0 Å². The fraction of sp³-hybridized carbons (Fsp3) is 0.391. The summed E-state index contributed by atoms with van der Waals surface area (Å²) in [7, 11) is -1.98. The minimum Gasteiger partial charge on any atom is -0.0709 e. The van der Waals surface area contributed by atoms with Gasteiger partial charge in [-0.25, -0.2) is 0 Å². The molecule has 2 aliphatic carbocycles. The minimum absolute atomic E-state index is 0.531. The molecule has 0 saturated carbocycles. The summed E-state index contributed by atoms with van der Waals surface area (Å²) in [5, 5.41) is 3.60. The molecule has 0 spiro atoms. The van der Waals surface area contributed by atoms with Gasteiger partial charge in [-0.2, -0.15) is 0 Å². The van der Waals surface area contributed by atoms with Gasteiger partial charge in [-0.05, 0) is 92.4 Å². The van der Waals surface area contributed by atoms with Gasteiger partial charge in [-0.15, -0.1) is 0 Å². The van der Waals surface area contributed by atoms with Gasteiger partial charge >= 0.3 is 0 Å². The number of hydrogen-bond acceptors (Lipinski definition) is 0. The molecule has 0 heterocycles. The normalized spacial score (nSPS) is 14.0. The van der Waals surface area contributed by atoms with E-state index in [9.17, 15) is 0 Å². The first-order chi connectivity index (χ1) is 22.8. The molecule has 4 aromatic rings. The summed E-state index contributed by atoms with van der Waals surface area (Å²) in [6.07, 6.45) is 15.6. The van der Waals surface area contributed by atoms with Gasteiger partial charge in [0, 0.05) is 0 Å². The highest BCUT2D eigenvalue weighted by molar-refractivity contribution is 6.94. The molecule has 244 valence electrons. The lowest BCUT2D eigenvalue weighted by atomic mass is 9.93. The highest BCUT2D eigenvalue weighted by atomic mass is 28.3. The van der Waals surface area contributed by atoms with Crippen molar-refractivity contribution in [1.29, 1.82) is 0 Å². The maximum absolute atomic E-state index is 2.72. The van der Waals surface area contributed by atoms with E-state index in [0.29, 0.717) is 11.8 Å². The second kappa shape index (κ2) is 14.8. The van der Waals surface area contributed by atoms with E-state index in [-0.39, 0.29) is 0 Å². The molecular formula is C46H56Si. The Kier molecular flexibility index (Phi) is 10.5. The maximum atomic E-state index is 2.72. The Morgan fingerprint density at radius 3 is 1.36 bits per heavy atom. The Labute approximate surface area is 287 Å². The van der Waals surface area contributed by atoms with E-state index < -0.39 is 8.07 Å². The van der Waals surface area contributed by atoms with E-state index >= 15 is 0 Å². The van der Waals surface area contributed by atoms with Crippen LogP contribution in [0.2, 0.25) is 12.1 Å². The zero-order chi connectivity index (χ0) is 33.0. The van der Waals surface area contributed by atoms with E-state index in [4.69, 9.17) is 0 Å². The highest BCUT2D eigenvalue weighted by Gasteiger charge is 2.43. The Morgan fingerprint density at radius 1 is 0.532 bits per heavy atom. The first-order valence-corrected chi connectivity index (χ1v) is 21.1. The summed E-state index contributed by atoms with van der Waals surface area (Å²) in [4.78, 5) is 0. The second-order valence-electron chi connectivity index (χ2n) is 15.0. The van der Waals surface area contributed by atoms with Crippen LogP contribution >= 0.6 is 0 Å². The van der Waals surface area contributed by atoms with Gasteiger partial charge in [0.2, 0.25) is 0 Å². The number of benzene rings is 4. The van der Waals surface area contributed by atoms with E-state index in [0.717, 1.165) is 12.8 Å². The Balaban J connectivity index is 1.47. The predicted molar refractivity (Wildman–Crippen MR) is 210 cm³/mol. The van der Waals surface area contributed by atoms with E-state index in [1.165, 1.54) is 106 Å². The van der Waals surface area contributed by atoms with Crippen LogP contribution in [-0.4, -0.2) is 8.07 Å².